The van der Waals surface area contributed by atoms with E-state index < -0.39 is 17.6 Å². The molecular formula is C23H23F4IN4O. The molecule has 0 saturated heterocycles. The molecule has 0 bridgehead atoms. The lowest BCUT2D eigenvalue weighted by molar-refractivity contribution is -0.138. The first-order chi connectivity index (χ1) is 15.3. The Kier molecular flexibility index (Phi) is 9.89. The van der Waals surface area contributed by atoms with Crippen LogP contribution in [0.1, 0.15) is 22.4 Å². The first-order valence-electron chi connectivity index (χ1n) is 9.77. The van der Waals surface area contributed by atoms with Crippen LogP contribution in [0.15, 0.2) is 71.9 Å². The summed E-state index contributed by atoms with van der Waals surface area (Å²) in [6, 6.07) is 15.6. The van der Waals surface area contributed by atoms with Gasteiger partial charge in [-0.05, 0) is 47.5 Å². The summed E-state index contributed by atoms with van der Waals surface area (Å²) in [4.78, 5) is 8.21. The van der Waals surface area contributed by atoms with E-state index in [2.05, 4.69) is 20.6 Å². The normalized spacial score (nSPS) is 11.5. The Bertz CT molecular complexity index is 1040. The molecule has 1 heterocycles. The summed E-state index contributed by atoms with van der Waals surface area (Å²) in [6.07, 6.45) is -2.94. The van der Waals surface area contributed by atoms with Crippen LogP contribution in [0.4, 0.5) is 17.6 Å². The third-order valence-electron chi connectivity index (χ3n) is 4.54. The van der Waals surface area contributed by atoms with Crippen molar-refractivity contribution in [2.24, 2.45) is 4.99 Å². The highest BCUT2D eigenvalue weighted by Gasteiger charge is 2.33. The Hall–Kier alpha value is -2.89. The van der Waals surface area contributed by atoms with Gasteiger partial charge in [0.25, 0.3) is 0 Å². The van der Waals surface area contributed by atoms with Crippen molar-refractivity contribution >= 4 is 29.9 Å². The van der Waals surface area contributed by atoms with Crippen molar-refractivity contribution < 1.29 is 22.3 Å². The van der Waals surface area contributed by atoms with Gasteiger partial charge in [0.2, 0.25) is 0 Å². The molecule has 0 atom stereocenters. The minimum Gasteiger partial charge on any atom is -0.487 e. The van der Waals surface area contributed by atoms with E-state index in [-0.39, 0.29) is 36.1 Å². The van der Waals surface area contributed by atoms with E-state index in [9.17, 15) is 17.6 Å². The van der Waals surface area contributed by atoms with Gasteiger partial charge < -0.3 is 15.4 Å². The van der Waals surface area contributed by atoms with E-state index in [1.807, 2.05) is 42.5 Å². The fourth-order valence-corrected chi connectivity index (χ4v) is 2.90. The lowest BCUT2D eigenvalue weighted by atomic mass is 10.1. The van der Waals surface area contributed by atoms with Crippen LogP contribution in [0.5, 0.6) is 5.75 Å². The predicted molar refractivity (Wildman–Crippen MR) is 129 cm³/mol. The van der Waals surface area contributed by atoms with Crippen LogP contribution < -0.4 is 15.4 Å². The molecule has 2 aromatic carbocycles. The minimum atomic E-state index is -4.64. The van der Waals surface area contributed by atoms with Gasteiger partial charge in [0, 0.05) is 26.3 Å². The van der Waals surface area contributed by atoms with Crippen LogP contribution in [-0.4, -0.2) is 18.0 Å². The highest BCUT2D eigenvalue weighted by Crippen LogP contribution is 2.32. The molecule has 3 rings (SSSR count). The topological polar surface area (TPSA) is 58.5 Å². The standard InChI is InChI=1S/C23H22F4N4O.HI/c1-28-22(31-14-17-7-8-18(24)12-21(17)23(25,26)27)30-13-16-5-9-20(10-6-16)32-15-19-4-2-3-11-29-19;/h2-12H,13-15H2,1H3,(H2,28,30,31);1H. The van der Waals surface area contributed by atoms with Crippen LogP contribution in [0, 0.1) is 5.82 Å². The summed E-state index contributed by atoms with van der Waals surface area (Å²) < 4.78 is 58.3. The maximum atomic E-state index is 13.2. The summed E-state index contributed by atoms with van der Waals surface area (Å²) in [5.74, 6) is 0.0758. The first-order valence-corrected chi connectivity index (χ1v) is 9.77. The molecule has 0 aliphatic heterocycles. The largest absolute Gasteiger partial charge is 0.487 e. The molecule has 0 unspecified atom stereocenters. The molecule has 0 spiro atoms. The Balaban J connectivity index is 0.00000385. The number of aliphatic imine (C=N–C) groups is 1. The van der Waals surface area contributed by atoms with Crippen molar-refractivity contribution in [3.8, 4) is 5.75 Å². The van der Waals surface area contributed by atoms with Crippen molar-refractivity contribution in [3.05, 3.63) is 95.1 Å². The Morgan fingerprint density at radius 2 is 1.73 bits per heavy atom. The zero-order valence-corrected chi connectivity index (χ0v) is 20.0. The molecule has 33 heavy (non-hydrogen) atoms. The van der Waals surface area contributed by atoms with E-state index in [0.717, 1.165) is 23.4 Å². The van der Waals surface area contributed by atoms with Gasteiger partial charge in [-0.15, -0.1) is 24.0 Å². The number of aromatic nitrogens is 1. The SMILES string of the molecule is CN=C(NCc1ccc(OCc2ccccn2)cc1)NCc1ccc(F)cc1C(F)(F)F.I. The molecule has 176 valence electrons. The van der Waals surface area contributed by atoms with Gasteiger partial charge in [-0.1, -0.05) is 24.3 Å². The fraction of sp³-hybridized carbons (Fsp3) is 0.217. The van der Waals surface area contributed by atoms with Gasteiger partial charge in [0.15, 0.2) is 5.96 Å². The second-order valence-electron chi connectivity index (χ2n) is 6.83. The Morgan fingerprint density at radius 3 is 2.36 bits per heavy atom. The van der Waals surface area contributed by atoms with Crippen LogP contribution in [-0.2, 0) is 25.9 Å². The molecule has 10 heteroatoms. The van der Waals surface area contributed by atoms with Gasteiger partial charge in [0.1, 0.15) is 18.2 Å². The third kappa shape index (κ3) is 8.19. The second-order valence-corrected chi connectivity index (χ2v) is 6.83. The summed E-state index contributed by atoms with van der Waals surface area (Å²) >= 11 is 0. The van der Waals surface area contributed by atoms with Crippen molar-refractivity contribution in [3.63, 3.8) is 0 Å². The van der Waals surface area contributed by atoms with Crippen LogP contribution in [0.25, 0.3) is 0 Å². The lowest BCUT2D eigenvalue weighted by Crippen LogP contribution is -2.36. The molecule has 5 nitrogen and oxygen atoms in total. The Morgan fingerprint density at radius 1 is 1.00 bits per heavy atom. The van der Waals surface area contributed by atoms with E-state index in [0.29, 0.717) is 30.9 Å². The number of nitrogens with one attached hydrogen (secondary N) is 2. The van der Waals surface area contributed by atoms with Gasteiger partial charge in [-0.3, -0.25) is 9.98 Å². The minimum absolute atomic E-state index is 0. The zero-order chi connectivity index (χ0) is 23.0. The quantitative estimate of drug-likeness (QED) is 0.174. The number of halogens is 5. The van der Waals surface area contributed by atoms with Crippen molar-refractivity contribution in [1.29, 1.82) is 0 Å². The summed E-state index contributed by atoms with van der Waals surface area (Å²) in [6.45, 7) is 0.600. The van der Waals surface area contributed by atoms with Crippen molar-refractivity contribution in [2.75, 3.05) is 7.05 Å². The maximum absolute atomic E-state index is 13.2. The molecule has 1 aromatic heterocycles. The molecule has 0 aliphatic carbocycles. The molecule has 0 saturated carbocycles. The third-order valence-corrected chi connectivity index (χ3v) is 4.54. The number of rotatable bonds is 7. The summed E-state index contributed by atoms with van der Waals surface area (Å²) in [5, 5.41) is 5.86. The number of alkyl halides is 3. The van der Waals surface area contributed by atoms with E-state index in [1.54, 1.807) is 6.20 Å². The first kappa shape index (κ1) is 26.4. The van der Waals surface area contributed by atoms with Crippen LogP contribution in [0.2, 0.25) is 0 Å². The van der Waals surface area contributed by atoms with Crippen LogP contribution in [0.3, 0.4) is 0 Å². The lowest BCUT2D eigenvalue weighted by Gasteiger charge is -2.16. The molecule has 3 aromatic rings. The molecular weight excluding hydrogens is 551 g/mol. The molecule has 0 aliphatic rings. The van der Waals surface area contributed by atoms with Crippen molar-refractivity contribution in [2.45, 2.75) is 25.9 Å². The number of guanidine groups is 1. The fourth-order valence-electron chi connectivity index (χ4n) is 2.90. The zero-order valence-electron chi connectivity index (χ0n) is 17.7. The maximum Gasteiger partial charge on any atom is 0.416 e. The van der Waals surface area contributed by atoms with E-state index in [1.165, 1.54) is 7.05 Å². The molecule has 0 fully saturated rings. The monoisotopic (exact) mass is 574 g/mol. The molecule has 2 N–H and O–H groups in total. The van der Waals surface area contributed by atoms with Gasteiger partial charge >= 0.3 is 6.18 Å². The number of hydrogen-bond acceptors (Lipinski definition) is 3. The smallest absolute Gasteiger partial charge is 0.416 e. The number of benzene rings is 2. The Labute approximate surface area is 206 Å². The van der Waals surface area contributed by atoms with Gasteiger partial charge in [-0.25, -0.2) is 4.39 Å². The van der Waals surface area contributed by atoms with Crippen molar-refractivity contribution in [1.82, 2.24) is 15.6 Å². The average molecular weight is 574 g/mol. The highest BCUT2D eigenvalue weighted by atomic mass is 127. The molecule has 0 amide bonds. The summed E-state index contributed by atoms with van der Waals surface area (Å²) in [5.41, 5.74) is 0.664. The number of hydrogen-bond donors (Lipinski definition) is 2. The van der Waals surface area contributed by atoms with Crippen LogP contribution >= 0.6 is 24.0 Å². The average Bonchev–Trinajstić information content (AvgIpc) is 2.79. The molecule has 0 radical (unpaired) electrons. The summed E-state index contributed by atoms with van der Waals surface area (Å²) in [7, 11) is 1.51. The highest BCUT2D eigenvalue weighted by molar-refractivity contribution is 14.0. The van der Waals surface area contributed by atoms with Gasteiger partial charge in [0.05, 0.1) is 11.3 Å². The van der Waals surface area contributed by atoms with Gasteiger partial charge in [-0.2, -0.15) is 13.2 Å². The van der Waals surface area contributed by atoms with E-state index >= 15 is 0 Å². The number of pyridine rings is 1. The second kappa shape index (κ2) is 12.4. The van der Waals surface area contributed by atoms with E-state index in [4.69, 9.17) is 4.74 Å². The number of nitrogens with zero attached hydrogens (tertiary/aromatic N) is 2. The number of ether oxygens (including phenoxy) is 1. The predicted octanol–water partition coefficient (Wildman–Crippen LogP) is 5.30.